The molecule has 0 radical (unpaired) electrons. The molecule has 0 saturated heterocycles. The van der Waals surface area contributed by atoms with Crippen LogP contribution in [0.5, 0.6) is 0 Å². The molecule has 0 saturated carbocycles. The molecule has 0 unspecified atom stereocenters. The summed E-state index contributed by atoms with van der Waals surface area (Å²) in [6, 6.07) is 6.54. The van der Waals surface area contributed by atoms with Crippen molar-refractivity contribution in [1.82, 2.24) is 5.32 Å². The summed E-state index contributed by atoms with van der Waals surface area (Å²) in [4.78, 5) is 11.9. The molecule has 1 amide bonds. The Bertz CT molecular complexity index is 526. The van der Waals surface area contributed by atoms with Gasteiger partial charge >= 0.3 is 0 Å². The first-order valence-electron chi connectivity index (χ1n) is 5.62. The Morgan fingerprint density at radius 3 is 2.56 bits per heavy atom. The normalized spacial score (nSPS) is 13.0. The van der Waals surface area contributed by atoms with Crippen LogP contribution in [-0.2, 0) is 9.84 Å². The minimum atomic E-state index is -3.00. The van der Waals surface area contributed by atoms with Gasteiger partial charge in [-0.3, -0.25) is 4.79 Å². The highest BCUT2D eigenvalue weighted by molar-refractivity contribution is 7.90. The SMILES string of the molecule is C[C@H](CCS(C)(=O)=O)NC(=O)c1ccccc1N. The zero-order valence-corrected chi connectivity index (χ0v) is 11.3. The first-order chi connectivity index (χ1) is 8.29. The lowest BCUT2D eigenvalue weighted by Gasteiger charge is -2.14. The van der Waals surface area contributed by atoms with Crippen LogP contribution in [0.2, 0.25) is 0 Å². The number of nitrogens with two attached hydrogens (primary N) is 1. The molecular weight excluding hydrogens is 252 g/mol. The smallest absolute Gasteiger partial charge is 0.253 e. The summed E-state index contributed by atoms with van der Waals surface area (Å²) in [5, 5.41) is 2.73. The molecular formula is C12H18N2O3S. The fourth-order valence-corrected chi connectivity index (χ4v) is 2.25. The third-order valence-electron chi connectivity index (χ3n) is 2.50. The molecule has 0 aromatic heterocycles. The quantitative estimate of drug-likeness (QED) is 0.775. The molecule has 3 N–H and O–H groups in total. The molecule has 0 aliphatic heterocycles. The van der Waals surface area contributed by atoms with Crippen molar-refractivity contribution in [3.8, 4) is 0 Å². The maximum absolute atomic E-state index is 11.9. The second-order valence-corrected chi connectivity index (χ2v) is 6.64. The topological polar surface area (TPSA) is 89.3 Å². The van der Waals surface area contributed by atoms with Crippen LogP contribution in [0.4, 0.5) is 5.69 Å². The summed E-state index contributed by atoms with van der Waals surface area (Å²) in [6.07, 6.45) is 1.56. The number of sulfone groups is 1. The minimum Gasteiger partial charge on any atom is -0.398 e. The first-order valence-corrected chi connectivity index (χ1v) is 7.69. The largest absolute Gasteiger partial charge is 0.398 e. The van der Waals surface area contributed by atoms with Crippen molar-refractivity contribution in [2.75, 3.05) is 17.7 Å². The van der Waals surface area contributed by atoms with Crippen molar-refractivity contribution in [3.63, 3.8) is 0 Å². The average Bonchev–Trinajstić information content (AvgIpc) is 2.26. The van der Waals surface area contributed by atoms with Crippen molar-refractivity contribution >= 4 is 21.4 Å². The number of hydrogen-bond donors (Lipinski definition) is 2. The molecule has 0 spiro atoms. The Morgan fingerprint density at radius 2 is 2.00 bits per heavy atom. The molecule has 6 heteroatoms. The van der Waals surface area contributed by atoms with Gasteiger partial charge in [-0.15, -0.1) is 0 Å². The molecule has 0 aliphatic carbocycles. The zero-order valence-electron chi connectivity index (χ0n) is 10.5. The van der Waals surface area contributed by atoms with E-state index in [-0.39, 0.29) is 17.7 Å². The van der Waals surface area contributed by atoms with Crippen LogP contribution in [0.3, 0.4) is 0 Å². The van der Waals surface area contributed by atoms with Crippen LogP contribution in [0, 0.1) is 0 Å². The number of carbonyl (C=O) groups is 1. The standard InChI is InChI=1S/C12H18N2O3S/c1-9(7-8-18(2,16)17)14-12(15)10-5-3-4-6-11(10)13/h3-6,9H,7-8,13H2,1-2H3,(H,14,15)/t9-/m1/s1. The van der Waals surface area contributed by atoms with E-state index < -0.39 is 9.84 Å². The van der Waals surface area contributed by atoms with Crippen molar-refractivity contribution in [2.45, 2.75) is 19.4 Å². The van der Waals surface area contributed by atoms with Gasteiger partial charge in [0.25, 0.3) is 5.91 Å². The Hall–Kier alpha value is -1.56. The molecule has 1 aromatic rings. The highest BCUT2D eigenvalue weighted by Crippen LogP contribution is 2.10. The maximum Gasteiger partial charge on any atom is 0.253 e. The lowest BCUT2D eigenvalue weighted by molar-refractivity contribution is 0.0940. The molecule has 5 nitrogen and oxygen atoms in total. The maximum atomic E-state index is 11.9. The Kier molecular flexibility index (Phi) is 4.72. The van der Waals surface area contributed by atoms with Crippen LogP contribution >= 0.6 is 0 Å². The van der Waals surface area contributed by atoms with E-state index in [9.17, 15) is 13.2 Å². The fraction of sp³-hybridized carbons (Fsp3) is 0.417. The van der Waals surface area contributed by atoms with Gasteiger partial charge < -0.3 is 11.1 Å². The highest BCUT2D eigenvalue weighted by atomic mass is 32.2. The Balaban J connectivity index is 2.58. The third kappa shape index (κ3) is 4.75. The van der Waals surface area contributed by atoms with Crippen LogP contribution in [-0.4, -0.2) is 32.4 Å². The van der Waals surface area contributed by atoms with E-state index in [0.29, 0.717) is 17.7 Å². The minimum absolute atomic E-state index is 0.0543. The fourth-order valence-electron chi connectivity index (χ4n) is 1.47. The summed E-state index contributed by atoms with van der Waals surface area (Å²) < 4.78 is 22.0. The highest BCUT2D eigenvalue weighted by Gasteiger charge is 2.13. The van der Waals surface area contributed by atoms with Crippen molar-refractivity contribution < 1.29 is 13.2 Å². The number of benzene rings is 1. The number of nitrogen functional groups attached to an aromatic ring is 1. The summed E-state index contributed by atoms with van der Waals surface area (Å²) >= 11 is 0. The van der Waals surface area contributed by atoms with Crippen LogP contribution in [0.25, 0.3) is 0 Å². The van der Waals surface area contributed by atoms with Gasteiger partial charge in [-0.1, -0.05) is 12.1 Å². The lowest BCUT2D eigenvalue weighted by atomic mass is 10.1. The third-order valence-corrected chi connectivity index (χ3v) is 3.48. The Labute approximate surface area is 107 Å². The lowest BCUT2D eigenvalue weighted by Crippen LogP contribution is -2.34. The predicted octanol–water partition coefficient (Wildman–Crippen LogP) is 0.822. The van der Waals surface area contributed by atoms with Gasteiger partial charge in [0.1, 0.15) is 9.84 Å². The van der Waals surface area contributed by atoms with E-state index >= 15 is 0 Å². The molecule has 1 atom stereocenters. The van der Waals surface area contributed by atoms with Gasteiger partial charge in [-0.25, -0.2) is 8.42 Å². The molecule has 0 fully saturated rings. The Morgan fingerprint density at radius 1 is 1.39 bits per heavy atom. The van der Waals surface area contributed by atoms with E-state index in [4.69, 9.17) is 5.73 Å². The van der Waals surface area contributed by atoms with E-state index in [0.717, 1.165) is 0 Å². The number of rotatable bonds is 5. The molecule has 0 aliphatic rings. The molecule has 18 heavy (non-hydrogen) atoms. The van der Waals surface area contributed by atoms with Crippen LogP contribution < -0.4 is 11.1 Å². The number of anilines is 1. The van der Waals surface area contributed by atoms with Gasteiger partial charge in [0.15, 0.2) is 0 Å². The predicted molar refractivity (Wildman–Crippen MR) is 72.1 cm³/mol. The number of carbonyl (C=O) groups excluding carboxylic acids is 1. The molecule has 0 bridgehead atoms. The van der Waals surface area contributed by atoms with Crippen molar-refractivity contribution in [2.24, 2.45) is 0 Å². The van der Waals surface area contributed by atoms with E-state index in [1.54, 1.807) is 31.2 Å². The van der Waals surface area contributed by atoms with Gasteiger partial charge in [0, 0.05) is 18.0 Å². The van der Waals surface area contributed by atoms with Gasteiger partial charge in [0.2, 0.25) is 0 Å². The molecule has 1 aromatic carbocycles. The number of nitrogens with one attached hydrogen (secondary N) is 1. The van der Waals surface area contributed by atoms with E-state index in [1.165, 1.54) is 6.26 Å². The van der Waals surface area contributed by atoms with Gasteiger partial charge in [-0.05, 0) is 25.5 Å². The molecule has 100 valence electrons. The van der Waals surface area contributed by atoms with E-state index in [2.05, 4.69) is 5.32 Å². The van der Waals surface area contributed by atoms with Crippen molar-refractivity contribution in [1.29, 1.82) is 0 Å². The first kappa shape index (κ1) is 14.5. The number of para-hydroxylation sites is 1. The van der Waals surface area contributed by atoms with Crippen LogP contribution in [0.15, 0.2) is 24.3 Å². The van der Waals surface area contributed by atoms with Gasteiger partial charge in [0.05, 0.1) is 11.3 Å². The summed E-state index contributed by atoms with van der Waals surface area (Å²) in [6.45, 7) is 1.77. The van der Waals surface area contributed by atoms with Gasteiger partial charge in [-0.2, -0.15) is 0 Å². The number of amides is 1. The number of hydrogen-bond acceptors (Lipinski definition) is 4. The van der Waals surface area contributed by atoms with Crippen molar-refractivity contribution in [3.05, 3.63) is 29.8 Å². The van der Waals surface area contributed by atoms with E-state index in [1.807, 2.05) is 0 Å². The second-order valence-electron chi connectivity index (χ2n) is 4.38. The second kappa shape index (κ2) is 5.86. The summed E-state index contributed by atoms with van der Waals surface area (Å²) in [5.41, 5.74) is 6.50. The van der Waals surface area contributed by atoms with Crippen LogP contribution in [0.1, 0.15) is 23.7 Å². The summed E-state index contributed by atoms with van der Waals surface area (Å²) in [7, 11) is -3.00. The zero-order chi connectivity index (χ0) is 13.8. The monoisotopic (exact) mass is 270 g/mol. The summed E-state index contributed by atoms with van der Waals surface area (Å²) in [5.74, 6) is -0.229. The average molecular weight is 270 g/mol. The molecule has 1 rings (SSSR count). The molecule has 0 heterocycles.